The van der Waals surface area contributed by atoms with Crippen molar-refractivity contribution < 1.29 is 4.39 Å². The zero-order chi connectivity index (χ0) is 9.54. The van der Waals surface area contributed by atoms with Crippen molar-refractivity contribution in [2.75, 3.05) is 0 Å². The van der Waals surface area contributed by atoms with Crippen molar-refractivity contribution in [1.82, 2.24) is 9.55 Å². The number of fused-ring (bicyclic) bond motifs is 3. The second kappa shape index (κ2) is 2.85. The molecule has 1 aromatic heterocycles. The van der Waals surface area contributed by atoms with E-state index >= 15 is 0 Å². The quantitative estimate of drug-likeness (QED) is 0.659. The lowest BCUT2D eigenvalue weighted by molar-refractivity contribution is 0.624. The molecular weight excluding hydrogens is 199 g/mol. The summed E-state index contributed by atoms with van der Waals surface area (Å²) >= 11 is 1.67. The van der Waals surface area contributed by atoms with Crippen molar-refractivity contribution in [1.29, 1.82) is 0 Å². The molecule has 1 aromatic carbocycles. The van der Waals surface area contributed by atoms with E-state index in [1.54, 1.807) is 24.0 Å². The number of rotatable bonds is 0. The van der Waals surface area contributed by atoms with Crippen LogP contribution in [0.3, 0.4) is 0 Å². The van der Waals surface area contributed by atoms with Crippen LogP contribution in [0.5, 0.6) is 0 Å². The Balaban J connectivity index is 2.28. The highest BCUT2D eigenvalue weighted by molar-refractivity contribution is 7.98. The lowest BCUT2D eigenvalue weighted by atomic mass is 10.2. The summed E-state index contributed by atoms with van der Waals surface area (Å²) < 4.78 is 15.0. The molecule has 14 heavy (non-hydrogen) atoms. The van der Waals surface area contributed by atoms with Gasteiger partial charge in [-0.3, -0.25) is 4.57 Å². The molecule has 0 amide bonds. The van der Waals surface area contributed by atoms with Gasteiger partial charge >= 0.3 is 0 Å². The number of hydrogen-bond donors (Lipinski definition) is 0. The van der Waals surface area contributed by atoms with E-state index in [9.17, 15) is 4.39 Å². The Bertz CT molecular complexity index is 493. The maximum atomic E-state index is 13.1. The summed E-state index contributed by atoms with van der Waals surface area (Å²) in [5.74, 6) is 0.669. The van der Waals surface area contributed by atoms with Crippen molar-refractivity contribution in [3.63, 3.8) is 0 Å². The van der Waals surface area contributed by atoms with Gasteiger partial charge in [0.25, 0.3) is 0 Å². The van der Waals surface area contributed by atoms with Gasteiger partial charge < -0.3 is 0 Å². The van der Waals surface area contributed by atoms with Gasteiger partial charge in [-0.05, 0) is 17.7 Å². The van der Waals surface area contributed by atoms with Crippen LogP contribution in [0.15, 0.2) is 35.7 Å². The van der Waals surface area contributed by atoms with E-state index in [2.05, 4.69) is 4.98 Å². The molecule has 2 heterocycles. The fourth-order valence-electron chi connectivity index (χ4n) is 1.61. The second-order valence-electron chi connectivity index (χ2n) is 3.14. The third kappa shape index (κ3) is 1.07. The Morgan fingerprint density at radius 1 is 1.43 bits per heavy atom. The summed E-state index contributed by atoms with van der Waals surface area (Å²) in [6.07, 6.45) is 3.60. The van der Waals surface area contributed by atoms with Crippen LogP contribution < -0.4 is 0 Å². The number of nitrogens with zero attached hydrogens (tertiary/aromatic N) is 2. The minimum absolute atomic E-state index is 0.199. The Labute approximate surface area is 84.8 Å². The van der Waals surface area contributed by atoms with E-state index in [0.717, 1.165) is 22.2 Å². The number of benzene rings is 1. The van der Waals surface area contributed by atoms with Gasteiger partial charge in [-0.25, -0.2) is 9.37 Å². The van der Waals surface area contributed by atoms with Crippen LogP contribution in [-0.4, -0.2) is 9.55 Å². The molecule has 0 N–H and O–H groups in total. The molecule has 0 radical (unpaired) electrons. The molecule has 2 nitrogen and oxygen atoms in total. The summed E-state index contributed by atoms with van der Waals surface area (Å²) in [5, 5.41) is 0.933. The molecule has 3 rings (SSSR count). The minimum Gasteiger partial charge on any atom is -0.294 e. The average molecular weight is 206 g/mol. The van der Waals surface area contributed by atoms with Gasteiger partial charge in [-0.2, -0.15) is 0 Å². The highest BCUT2D eigenvalue weighted by Gasteiger charge is 2.16. The van der Waals surface area contributed by atoms with Gasteiger partial charge in [0.05, 0.1) is 5.69 Å². The molecule has 0 saturated heterocycles. The van der Waals surface area contributed by atoms with Crippen molar-refractivity contribution >= 4 is 11.8 Å². The molecule has 2 aromatic rings. The lowest BCUT2D eigenvalue weighted by Crippen LogP contribution is -2.05. The van der Waals surface area contributed by atoms with Gasteiger partial charge in [0.2, 0.25) is 0 Å². The van der Waals surface area contributed by atoms with Crippen LogP contribution in [-0.2, 0) is 5.75 Å². The van der Waals surface area contributed by atoms with Crippen molar-refractivity contribution in [3.05, 3.63) is 42.0 Å². The van der Waals surface area contributed by atoms with E-state index in [-0.39, 0.29) is 5.82 Å². The van der Waals surface area contributed by atoms with Crippen molar-refractivity contribution in [3.8, 4) is 5.69 Å². The number of aromatic nitrogens is 2. The summed E-state index contributed by atoms with van der Waals surface area (Å²) in [6.45, 7) is 0. The third-order valence-corrected chi connectivity index (χ3v) is 3.29. The summed E-state index contributed by atoms with van der Waals surface area (Å²) in [4.78, 5) is 4.19. The molecular formula is C10H7FN2S. The van der Waals surface area contributed by atoms with Crippen LogP contribution in [0.4, 0.5) is 4.39 Å². The topological polar surface area (TPSA) is 17.8 Å². The number of hydrogen-bond acceptors (Lipinski definition) is 2. The van der Waals surface area contributed by atoms with E-state index in [1.807, 2.05) is 16.8 Å². The Kier molecular flexibility index (Phi) is 1.64. The smallest absolute Gasteiger partial charge is 0.172 e. The lowest BCUT2D eigenvalue weighted by Gasteiger charge is -2.17. The van der Waals surface area contributed by atoms with E-state index in [1.165, 1.54) is 6.07 Å². The van der Waals surface area contributed by atoms with Gasteiger partial charge in [0, 0.05) is 18.1 Å². The predicted octanol–water partition coefficient (Wildman–Crippen LogP) is 2.62. The normalized spacial score (nSPS) is 13.5. The fourth-order valence-corrected chi connectivity index (χ4v) is 2.57. The number of imidazole rings is 1. The highest BCUT2D eigenvalue weighted by atomic mass is 32.2. The standard InChI is InChI=1S/C10H7FN2S/c11-8-2-1-7-6-14-10-12-3-4-13(10)9(7)5-8/h1-5H,6H2. The predicted molar refractivity (Wildman–Crippen MR) is 53.1 cm³/mol. The Morgan fingerprint density at radius 2 is 2.36 bits per heavy atom. The molecule has 0 spiro atoms. The van der Waals surface area contributed by atoms with E-state index in [4.69, 9.17) is 0 Å². The fraction of sp³-hybridized carbons (Fsp3) is 0.100. The van der Waals surface area contributed by atoms with Gasteiger partial charge in [-0.15, -0.1) is 0 Å². The molecule has 1 aliphatic heterocycles. The summed E-state index contributed by atoms with van der Waals surface area (Å²) in [6, 6.07) is 4.89. The monoisotopic (exact) mass is 206 g/mol. The Hall–Kier alpha value is -1.29. The van der Waals surface area contributed by atoms with Crippen LogP contribution in [0, 0.1) is 5.82 Å². The van der Waals surface area contributed by atoms with Gasteiger partial charge in [0.1, 0.15) is 5.82 Å². The number of halogens is 1. The first-order chi connectivity index (χ1) is 6.84. The average Bonchev–Trinajstić information content (AvgIpc) is 2.65. The zero-order valence-corrected chi connectivity index (χ0v) is 8.09. The molecule has 0 bridgehead atoms. The first kappa shape index (κ1) is 8.05. The SMILES string of the molecule is Fc1ccc2c(c1)-n1ccnc1SC2. The number of thioether (sulfide) groups is 1. The molecule has 0 fully saturated rings. The van der Waals surface area contributed by atoms with E-state index in [0.29, 0.717) is 0 Å². The maximum Gasteiger partial charge on any atom is 0.172 e. The largest absolute Gasteiger partial charge is 0.294 e. The van der Waals surface area contributed by atoms with Crippen LogP contribution in [0.2, 0.25) is 0 Å². The van der Waals surface area contributed by atoms with Crippen LogP contribution in [0.25, 0.3) is 5.69 Å². The Morgan fingerprint density at radius 3 is 3.29 bits per heavy atom. The second-order valence-corrected chi connectivity index (χ2v) is 4.08. The molecule has 0 saturated carbocycles. The van der Waals surface area contributed by atoms with Gasteiger partial charge in [0.15, 0.2) is 5.16 Å². The molecule has 0 atom stereocenters. The first-order valence-corrected chi connectivity index (χ1v) is 5.28. The molecule has 0 aliphatic carbocycles. The molecule has 4 heteroatoms. The third-order valence-electron chi connectivity index (χ3n) is 2.27. The molecule has 1 aliphatic rings. The van der Waals surface area contributed by atoms with Crippen LogP contribution in [0.1, 0.15) is 5.56 Å². The first-order valence-electron chi connectivity index (χ1n) is 4.29. The zero-order valence-electron chi connectivity index (χ0n) is 7.27. The minimum atomic E-state index is -0.199. The van der Waals surface area contributed by atoms with Crippen LogP contribution >= 0.6 is 11.8 Å². The summed E-state index contributed by atoms with van der Waals surface area (Å²) in [5.41, 5.74) is 2.07. The summed E-state index contributed by atoms with van der Waals surface area (Å²) in [7, 11) is 0. The molecule has 0 unspecified atom stereocenters. The highest BCUT2D eigenvalue weighted by Crippen LogP contribution is 2.32. The molecule has 70 valence electrons. The maximum absolute atomic E-state index is 13.1. The van der Waals surface area contributed by atoms with Gasteiger partial charge in [-0.1, -0.05) is 17.8 Å². The van der Waals surface area contributed by atoms with Crippen molar-refractivity contribution in [2.45, 2.75) is 10.9 Å². The van der Waals surface area contributed by atoms with E-state index < -0.39 is 0 Å². The van der Waals surface area contributed by atoms with Crippen molar-refractivity contribution in [2.24, 2.45) is 0 Å².